The molecular weight excluding hydrogens is 761 g/mol. The van der Waals surface area contributed by atoms with E-state index in [1.165, 1.54) is 93.9 Å². The Bertz CT molecular complexity index is 3470. The van der Waals surface area contributed by atoms with Gasteiger partial charge in [-0.15, -0.1) is 0 Å². The molecule has 12 rings (SSSR count). The maximum Gasteiger partial charge on any atom is 0.0541 e. The fourth-order valence-corrected chi connectivity index (χ4v) is 10.1. The van der Waals surface area contributed by atoms with E-state index in [0.29, 0.717) is 0 Å². The van der Waals surface area contributed by atoms with Gasteiger partial charge in [0.15, 0.2) is 0 Å². The molecule has 0 fully saturated rings. The summed E-state index contributed by atoms with van der Waals surface area (Å²) in [6, 6.07) is 84.6. The van der Waals surface area contributed by atoms with Crippen molar-refractivity contribution in [1.82, 2.24) is 4.57 Å². The summed E-state index contributed by atoms with van der Waals surface area (Å²) in [6.45, 7) is 4.78. The average Bonchev–Trinajstić information content (AvgIpc) is 3.80. The van der Waals surface area contributed by atoms with Gasteiger partial charge in [-0.2, -0.15) is 0 Å². The fraction of sp³-hybridized carbons (Fsp3) is 0.0492. The molecule has 1 aliphatic carbocycles. The largest absolute Gasteiger partial charge is 0.310 e. The zero-order valence-corrected chi connectivity index (χ0v) is 35.3. The SMILES string of the molecule is CC1(C)c2cc(N(c3ccc(-c4ccc5ccccc5c4)cc3)c3cccc(-c4ccc(-c5ccccc5)cc4)c3)ccc2-c2ccc(-n3c4ccccc4c4ccccc43)cc21. The van der Waals surface area contributed by atoms with Crippen molar-refractivity contribution in [1.29, 1.82) is 0 Å². The summed E-state index contributed by atoms with van der Waals surface area (Å²) >= 11 is 0. The molecule has 0 atom stereocenters. The summed E-state index contributed by atoms with van der Waals surface area (Å²) in [4.78, 5) is 2.43. The van der Waals surface area contributed by atoms with Crippen LogP contribution in [-0.2, 0) is 5.41 Å². The van der Waals surface area contributed by atoms with E-state index in [1.807, 2.05) is 0 Å². The smallest absolute Gasteiger partial charge is 0.0541 e. The van der Waals surface area contributed by atoms with Gasteiger partial charge in [0.05, 0.1) is 11.0 Å². The molecule has 0 saturated heterocycles. The van der Waals surface area contributed by atoms with Crippen molar-refractivity contribution in [3.05, 3.63) is 242 Å². The van der Waals surface area contributed by atoms with Gasteiger partial charge in [-0.05, 0) is 133 Å². The monoisotopic (exact) mass is 804 g/mol. The number of hydrogen-bond donors (Lipinski definition) is 0. The lowest BCUT2D eigenvalue weighted by Gasteiger charge is -2.28. The molecule has 0 spiro atoms. The highest BCUT2D eigenvalue weighted by Gasteiger charge is 2.36. The van der Waals surface area contributed by atoms with Crippen molar-refractivity contribution in [3.8, 4) is 50.2 Å². The number of benzene rings is 10. The molecular formula is C61H44N2. The van der Waals surface area contributed by atoms with E-state index in [9.17, 15) is 0 Å². The second-order valence-electron chi connectivity index (χ2n) is 17.4. The Morgan fingerprint density at radius 2 is 0.825 bits per heavy atom. The Morgan fingerprint density at radius 1 is 0.333 bits per heavy atom. The predicted octanol–water partition coefficient (Wildman–Crippen LogP) is 16.7. The minimum atomic E-state index is -0.233. The Kier molecular flexibility index (Phi) is 8.55. The van der Waals surface area contributed by atoms with Crippen LogP contribution in [0.1, 0.15) is 25.0 Å². The van der Waals surface area contributed by atoms with Crippen LogP contribution in [0.15, 0.2) is 231 Å². The van der Waals surface area contributed by atoms with Crippen LogP contribution >= 0.6 is 0 Å². The summed E-state index contributed by atoms with van der Waals surface area (Å²) in [5, 5.41) is 5.06. The van der Waals surface area contributed by atoms with Crippen LogP contribution < -0.4 is 4.90 Å². The highest BCUT2D eigenvalue weighted by Crippen LogP contribution is 2.52. The van der Waals surface area contributed by atoms with E-state index >= 15 is 0 Å². The quantitative estimate of drug-likeness (QED) is 0.156. The molecule has 63 heavy (non-hydrogen) atoms. The van der Waals surface area contributed by atoms with Gasteiger partial charge in [0.25, 0.3) is 0 Å². The Labute approximate surface area is 368 Å². The molecule has 0 N–H and O–H groups in total. The number of para-hydroxylation sites is 2. The van der Waals surface area contributed by atoms with Crippen molar-refractivity contribution in [2.75, 3.05) is 4.90 Å². The molecule has 0 amide bonds. The molecule has 0 unspecified atom stereocenters. The molecule has 10 aromatic carbocycles. The summed E-state index contributed by atoms with van der Waals surface area (Å²) in [5.74, 6) is 0. The lowest BCUT2D eigenvalue weighted by atomic mass is 9.82. The van der Waals surface area contributed by atoms with Gasteiger partial charge in [0, 0.05) is 38.9 Å². The number of aromatic nitrogens is 1. The van der Waals surface area contributed by atoms with Crippen molar-refractivity contribution < 1.29 is 0 Å². The van der Waals surface area contributed by atoms with Crippen LogP contribution in [0.3, 0.4) is 0 Å². The van der Waals surface area contributed by atoms with Gasteiger partial charge in [-0.1, -0.05) is 178 Å². The average molecular weight is 805 g/mol. The van der Waals surface area contributed by atoms with Crippen molar-refractivity contribution in [2.24, 2.45) is 0 Å². The summed E-state index contributed by atoms with van der Waals surface area (Å²) < 4.78 is 2.43. The highest BCUT2D eigenvalue weighted by atomic mass is 15.1. The van der Waals surface area contributed by atoms with E-state index in [2.05, 4.69) is 254 Å². The molecule has 1 heterocycles. The molecule has 0 aliphatic heterocycles. The van der Waals surface area contributed by atoms with Crippen molar-refractivity contribution in [2.45, 2.75) is 19.3 Å². The van der Waals surface area contributed by atoms with Crippen molar-refractivity contribution >= 4 is 49.6 Å². The first-order chi connectivity index (χ1) is 31.0. The van der Waals surface area contributed by atoms with Gasteiger partial charge >= 0.3 is 0 Å². The number of rotatable bonds is 7. The highest BCUT2D eigenvalue weighted by molar-refractivity contribution is 6.09. The third-order valence-electron chi connectivity index (χ3n) is 13.4. The molecule has 2 heteroatoms. The second kappa shape index (κ2) is 14.6. The Morgan fingerprint density at radius 3 is 1.54 bits per heavy atom. The van der Waals surface area contributed by atoms with Crippen LogP contribution in [0.5, 0.6) is 0 Å². The molecule has 1 aliphatic rings. The van der Waals surface area contributed by atoms with Gasteiger partial charge < -0.3 is 9.47 Å². The fourth-order valence-electron chi connectivity index (χ4n) is 10.1. The maximum absolute atomic E-state index is 2.44. The van der Waals surface area contributed by atoms with E-state index in [-0.39, 0.29) is 5.41 Å². The first kappa shape index (κ1) is 36.9. The number of hydrogen-bond acceptors (Lipinski definition) is 1. The number of anilines is 3. The first-order valence-corrected chi connectivity index (χ1v) is 21.9. The maximum atomic E-state index is 2.44. The summed E-state index contributed by atoms with van der Waals surface area (Å²) in [7, 11) is 0. The molecule has 0 bridgehead atoms. The van der Waals surface area contributed by atoms with E-state index in [1.54, 1.807) is 0 Å². The topological polar surface area (TPSA) is 8.17 Å². The second-order valence-corrected chi connectivity index (χ2v) is 17.4. The zero-order valence-electron chi connectivity index (χ0n) is 35.3. The van der Waals surface area contributed by atoms with Crippen LogP contribution in [-0.4, -0.2) is 4.57 Å². The third-order valence-corrected chi connectivity index (χ3v) is 13.4. The van der Waals surface area contributed by atoms with Gasteiger partial charge in [0.2, 0.25) is 0 Å². The first-order valence-electron chi connectivity index (χ1n) is 21.9. The van der Waals surface area contributed by atoms with Crippen molar-refractivity contribution in [3.63, 3.8) is 0 Å². The van der Waals surface area contributed by atoms with E-state index in [4.69, 9.17) is 0 Å². The third kappa shape index (κ3) is 6.17. The standard InChI is InChI=1S/C61H44N2/c1-61(2)57-39-51(33-35-53(57)54-36-34-52(40-58(54)61)63-59-21-10-8-19-55(59)56-20-9-11-22-60(56)63)62(49-31-29-45(30-32-49)48-28-27-42-15-6-7-16-46(42)37-48)50-18-12-17-47(38-50)44-25-23-43(24-26-44)41-13-4-3-5-14-41/h3-40H,1-2H3. The predicted molar refractivity (Wildman–Crippen MR) is 267 cm³/mol. The number of nitrogens with zero attached hydrogens (tertiary/aromatic N) is 2. The lowest BCUT2D eigenvalue weighted by molar-refractivity contribution is 0.660. The van der Waals surface area contributed by atoms with Crippen LogP contribution in [0.4, 0.5) is 17.1 Å². The van der Waals surface area contributed by atoms with E-state index < -0.39 is 0 Å². The normalized spacial score (nSPS) is 12.7. The van der Waals surface area contributed by atoms with Gasteiger partial charge in [-0.25, -0.2) is 0 Å². The van der Waals surface area contributed by atoms with E-state index in [0.717, 1.165) is 17.1 Å². The lowest BCUT2D eigenvalue weighted by Crippen LogP contribution is -2.17. The minimum absolute atomic E-state index is 0.233. The zero-order chi connectivity index (χ0) is 42.1. The Balaban J connectivity index is 0.957. The molecule has 11 aromatic rings. The molecule has 298 valence electrons. The van der Waals surface area contributed by atoms with Gasteiger partial charge in [0.1, 0.15) is 0 Å². The molecule has 2 nitrogen and oxygen atoms in total. The molecule has 1 aromatic heterocycles. The molecule has 0 radical (unpaired) electrons. The van der Waals surface area contributed by atoms with Gasteiger partial charge in [-0.3, -0.25) is 0 Å². The summed E-state index contributed by atoms with van der Waals surface area (Å²) in [6.07, 6.45) is 0. The number of fused-ring (bicyclic) bond motifs is 7. The van der Waals surface area contributed by atoms with Crippen LogP contribution in [0.2, 0.25) is 0 Å². The Hall–Kier alpha value is -7.94. The minimum Gasteiger partial charge on any atom is -0.310 e. The van der Waals surface area contributed by atoms with Crippen LogP contribution in [0, 0.1) is 0 Å². The summed E-state index contributed by atoms with van der Waals surface area (Å²) in [5.41, 5.74) is 19.3. The van der Waals surface area contributed by atoms with Crippen LogP contribution in [0.25, 0.3) is 82.8 Å². The molecule has 0 saturated carbocycles.